The predicted octanol–water partition coefficient (Wildman–Crippen LogP) is 4.73. The average molecular weight is 477 g/mol. The molecule has 0 bridgehead atoms. The number of thioether (sulfide) groups is 1. The van der Waals surface area contributed by atoms with Gasteiger partial charge in [0.15, 0.2) is 5.16 Å². The minimum Gasteiger partial charge on any atom is -0.497 e. The first-order valence-electron chi connectivity index (χ1n) is 10.6. The molecule has 3 N–H and O–H groups in total. The van der Waals surface area contributed by atoms with Crippen LogP contribution >= 0.6 is 11.8 Å². The Morgan fingerprint density at radius 2 is 1.82 bits per heavy atom. The number of carbonyl (C=O) groups is 2. The highest BCUT2D eigenvalue weighted by Crippen LogP contribution is 2.28. The van der Waals surface area contributed by atoms with Crippen LogP contribution in [-0.4, -0.2) is 35.6 Å². The lowest BCUT2D eigenvalue weighted by atomic mass is 10.2. The molecule has 0 saturated heterocycles. The summed E-state index contributed by atoms with van der Waals surface area (Å²) < 4.78 is 10.4. The van der Waals surface area contributed by atoms with Crippen LogP contribution in [0, 0.1) is 0 Å². The van der Waals surface area contributed by atoms with Crippen molar-refractivity contribution >= 4 is 40.5 Å². The van der Waals surface area contributed by atoms with Crippen molar-refractivity contribution in [3.8, 4) is 5.75 Å². The highest BCUT2D eigenvalue weighted by molar-refractivity contribution is 7.98. The molecule has 0 saturated carbocycles. The van der Waals surface area contributed by atoms with Crippen molar-refractivity contribution in [1.82, 2.24) is 15.3 Å². The van der Waals surface area contributed by atoms with Gasteiger partial charge in [0, 0.05) is 17.5 Å². The Bertz CT molecular complexity index is 1280. The molecule has 2 amide bonds. The second-order valence-corrected chi connectivity index (χ2v) is 8.30. The fraction of sp³-hybridized carbons (Fsp3) is 0.160. The molecule has 0 aliphatic carbocycles. The summed E-state index contributed by atoms with van der Waals surface area (Å²) in [5.41, 5.74) is 4.24. The molecule has 4 rings (SSSR count). The van der Waals surface area contributed by atoms with Gasteiger partial charge in [-0.3, -0.25) is 4.79 Å². The number of anilines is 1. The first kappa shape index (κ1) is 23.2. The molecule has 0 atom stereocenters. The van der Waals surface area contributed by atoms with Crippen LogP contribution in [0.2, 0.25) is 0 Å². The number of ether oxygens (including phenoxy) is 2. The minimum atomic E-state index is -0.649. The summed E-state index contributed by atoms with van der Waals surface area (Å²) in [4.78, 5) is 32.1. The van der Waals surface area contributed by atoms with E-state index in [1.165, 1.54) is 11.8 Å². The number of methoxy groups -OCH3 is 1. The van der Waals surface area contributed by atoms with E-state index < -0.39 is 6.09 Å². The summed E-state index contributed by atoms with van der Waals surface area (Å²) in [6.45, 7) is -0.0522. The van der Waals surface area contributed by atoms with Crippen LogP contribution in [0.15, 0.2) is 78.0 Å². The number of aromatic amines is 1. The lowest BCUT2D eigenvalue weighted by Crippen LogP contribution is -2.33. The molecule has 0 radical (unpaired) electrons. The van der Waals surface area contributed by atoms with Gasteiger partial charge in [0.05, 0.1) is 18.1 Å². The SMILES string of the molecule is COc1ccc2nc(SCc3ccccc3NC(=O)CNC(=O)OCc3ccccc3)[nH]c2c1. The number of hydrogen-bond acceptors (Lipinski definition) is 6. The molecule has 0 aliphatic rings. The number of imidazole rings is 1. The Balaban J connectivity index is 1.28. The van der Waals surface area contributed by atoms with Crippen LogP contribution < -0.4 is 15.4 Å². The lowest BCUT2D eigenvalue weighted by molar-refractivity contribution is -0.115. The highest BCUT2D eigenvalue weighted by Gasteiger charge is 2.11. The number of para-hydroxylation sites is 1. The van der Waals surface area contributed by atoms with Crippen LogP contribution in [0.4, 0.5) is 10.5 Å². The van der Waals surface area contributed by atoms with Gasteiger partial charge in [0.2, 0.25) is 5.91 Å². The zero-order chi connectivity index (χ0) is 23.8. The molecule has 1 aromatic heterocycles. The van der Waals surface area contributed by atoms with Crippen molar-refractivity contribution in [2.45, 2.75) is 17.5 Å². The number of fused-ring (bicyclic) bond motifs is 1. The number of amides is 2. The zero-order valence-corrected chi connectivity index (χ0v) is 19.4. The molecule has 174 valence electrons. The third-order valence-corrected chi connectivity index (χ3v) is 5.85. The molecule has 8 nitrogen and oxygen atoms in total. The third kappa shape index (κ3) is 6.29. The maximum atomic E-state index is 12.4. The molecule has 4 aromatic rings. The highest BCUT2D eigenvalue weighted by atomic mass is 32.2. The summed E-state index contributed by atoms with van der Waals surface area (Å²) in [5.74, 6) is 1.02. The number of nitrogens with zero attached hydrogens (tertiary/aromatic N) is 1. The Kier molecular flexibility index (Phi) is 7.67. The lowest BCUT2D eigenvalue weighted by Gasteiger charge is -2.11. The predicted molar refractivity (Wildman–Crippen MR) is 132 cm³/mol. The van der Waals surface area contributed by atoms with Crippen LogP contribution in [0.1, 0.15) is 11.1 Å². The molecule has 0 fully saturated rings. The second kappa shape index (κ2) is 11.2. The van der Waals surface area contributed by atoms with Gasteiger partial charge in [-0.2, -0.15) is 0 Å². The number of carbonyl (C=O) groups excluding carboxylic acids is 2. The topological polar surface area (TPSA) is 105 Å². The smallest absolute Gasteiger partial charge is 0.407 e. The monoisotopic (exact) mass is 476 g/mol. The van der Waals surface area contributed by atoms with Crippen molar-refractivity contribution in [1.29, 1.82) is 0 Å². The summed E-state index contributed by atoms with van der Waals surface area (Å²) in [6.07, 6.45) is -0.649. The largest absolute Gasteiger partial charge is 0.497 e. The molecule has 0 unspecified atom stereocenters. The van der Waals surface area contributed by atoms with Gasteiger partial charge < -0.3 is 25.1 Å². The van der Waals surface area contributed by atoms with E-state index in [0.717, 1.165) is 33.1 Å². The van der Waals surface area contributed by atoms with Crippen LogP contribution in [0.5, 0.6) is 5.75 Å². The molecule has 0 aliphatic heterocycles. The molecular weight excluding hydrogens is 452 g/mol. The van der Waals surface area contributed by atoms with Crippen molar-refractivity contribution in [2.24, 2.45) is 0 Å². The van der Waals surface area contributed by atoms with Crippen LogP contribution in [0.3, 0.4) is 0 Å². The first-order valence-corrected chi connectivity index (χ1v) is 11.6. The normalized spacial score (nSPS) is 10.6. The maximum absolute atomic E-state index is 12.4. The average Bonchev–Trinajstić information content (AvgIpc) is 3.28. The van der Waals surface area contributed by atoms with Crippen LogP contribution in [-0.2, 0) is 21.9 Å². The maximum Gasteiger partial charge on any atom is 0.407 e. The summed E-state index contributed by atoms with van der Waals surface area (Å²) in [7, 11) is 1.63. The number of aromatic nitrogens is 2. The summed E-state index contributed by atoms with van der Waals surface area (Å²) >= 11 is 1.53. The molecule has 34 heavy (non-hydrogen) atoms. The van der Waals surface area contributed by atoms with Crippen LogP contribution in [0.25, 0.3) is 11.0 Å². The summed E-state index contributed by atoms with van der Waals surface area (Å²) in [5, 5.41) is 6.09. The molecule has 3 aromatic carbocycles. The Labute approximate surface area is 201 Å². The zero-order valence-electron chi connectivity index (χ0n) is 18.5. The number of benzene rings is 3. The van der Waals surface area contributed by atoms with E-state index in [1.54, 1.807) is 7.11 Å². The van der Waals surface area contributed by atoms with Crippen molar-refractivity contribution in [2.75, 3.05) is 19.0 Å². The first-order chi connectivity index (χ1) is 16.6. The fourth-order valence-electron chi connectivity index (χ4n) is 3.20. The second-order valence-electron chi connectivity index (χ2n) is 7.33. The third-order valence-electron chi connectivity index (χ3n) is 4.93. The summed E-state index contributed by atoms with van der Waals surface area (Å²) in [6, 6.07) is 22.5. The van der Waals surface area contributed by atoms with E-state index in [-0.39, 0.29) is 19.1 Å². The standard InChI is InChI=1S/C25H24N4O4S/c1-32-19-11-12-21-22(13-19)29-24(28-21)34-16-18-9-5-6-10-20(18)27-23(30)14-26-25(31)33-15-17-7-3-2-4-8-17/h2-13H,14-16H2,1H3,(H,26,31)(H,27,30)(H,28,29). The van der Waals surface area contributed by atoms with Crippen molar-refractivity contribution in [3.63, 3.8) is 0 Å². The number of H-pyrrole nitrogens is 1. The fourth-order valence-corrected chi connectivity index (χ4v) is 4.08. The number of alkyl carbamates (subject to hydrolysis) is 1. The van der Waals surface area contributed by atoms with Crippen molar-refractivity contribution < 1.29 is 19.1 Å². The van der Waals surface area contributed by atoms with Gasteiger partial charge in [-0.25, -0.2) is 9.78 Å². The molecule has 1 heterocycles. The molecule has 0 spiro atoms. The molecular formula is C25H24N4O4S. The van der Waals surface area contributed by atoms with Gasteiger partial charge in [0.25, 0.3) is 0 Å². The number of rotatable bonds is 9. The number of hydrogen-bond donors (Lipinski definition) is 3. The number of nitrogens with one attached hydrogen (secondary N) is 3. The quantitative estimate of drug-likeness (QED) is 0.302. The van der Waals surface area contributed by atoms with Gasteiger partial charge >= 0.3 is 6.09 Å². The van der Waals surface area contributed by atoms with E-state index in [0.29, 0.717) is 11.4 Å². The Morgan fingerprint density at radius 3 is 2.65 bits per heavy atom. The molecule has 9 heteroatoms. The van der Waals surface area contributed by atoms with E-state index in [1.807, 2.05) is 72.8 Å². The van der Waals surface area contributed by atoms with Gasteiger partial charge in [-0.15, -0.1) is 0 Å². The Morgan fingerprint density at radius 1 is 1.03 bits per heavy atom. The Hall–Kier alpha value is -3.98. The van der Waals surface area contributed by atoms with E-state index in [4.69, 9.17) is 9.47 Å². The van der Waals surface area contributed by atoms with E-state index >= 15 is 0 Å². The minimum absolute atomic E-state index is 0.142. The van der Waals surface area contributed by atoms with E-state index in [9.17, 15) is 9.59 Å². The van der Waals surface area contributed by atoms with Gasteiger partial charge in [-0.1, -0.05) is 60.3 Å². The van der Waals surface area contributed by atoms with Gasteiger partial charge in [-0.05, 0) is 29.3 Å². The van der Waals surface area contributed by atoms with Gasteiger partial charge in [0.1, 0.15) is 18.9 Å². The van der Waals surface area contributed by atoms with E-state index in [2.05, 4.69) is 20.6 Å². The van der Waals surface area contributed by atoms with Crippen molar-refractivity contribution in [3.05, 3.63) is 83.9 Å².